The standard InChI is InChI=1S/C16H19NO3/c1-11(2)9-15(18)17-12-5-6-13-14(10-12)20-16(19-13)7-3-4-8-16/h5-6,9-10H,3-4,7-8H2,1-2H3,(H,17,18). The molecule has 0 bridgehead atoms. The first-order valence-electron chi connectivity index (χ1n) is 7.04. The zero-order valence-corrected chi connectivity index (χ0v) is 11.9. The smallest absolute Gasteiger partial charge is 0.251 e. The molecule has 1 aromatic rings. The number of amides is 1. The summed E-state index contributed by atoms with van der Waals surface area (Å²) in [6.07, 6.45) is 5.71. The topological polar surface area (TPSA) is 47.6 Å². The lowest BCUT2D eigenvalue weighted by molar-refractivity contribution is -0.111. The molecule has 2 aliphatic rings. The van der Waals surface area contributed by atoms with E-state index in [0.29, 0.717) is 0 Å². The summed E-state index contributed by atoms with van der Waals surface area (Å²) in [6, 6.07) is 5.53. The molecule has 1 spiro atoms. The zero-order chi connectivity index (χ0) is 14.2. The van der Waals surface area contributed by atoms with Gasteiger partial charge in [0.1, 0.15) is 0 Å². The van der Waals surface area contributed by atoms with Crippen LogP contribution in [0.2, 0.25) is 0 Å². The fourth-order valence-electron chi connectivity index (χ4n) is 2.73. The molecule has 0 aromatic heterocycles. The number of carbonyl (C=O) groups is 1. The minimum atomic E-state index is -0.453. The summed E-state index contributed by atoms with van der Waals surface area (Å²) < 4.78 is 11.9. The molecule has 4 heteroatoms. The van der Waals surface area contributed by atoms with Gasteiger partial charge in [-0.2, -0.15) is 0 Å². The summed E-state index contributed by atoms with van der Waals surface area (Å²) in [7, 11) is 0. The van der Waals surface area contributed by atoms with Gasteiger partial charge in [0.2, 0.25) is 5.91 Å². The summed E-state index contributed by atoms with van der Waals surface area (Å²) >= 11 is 0. The normalized spacial score (nSPS) is 18.1. The molecule has 3 rings (SSSR count). The van der Waals surface area contributed by atoms with E-state index < -0.39 is 5.79 Å². The van der Waals surface area contributed by atoms with Gasteiger partial charge < -0.3 is 14.8 Å². The van der Waals surface area contributed by atoms with E-state index in [1.165, 1.54) is 0 Å². The highest BCUT2D eigenvalue weighted by Crippen LogP contribution is 2.47. The van der Waals surface area contributed by atoms with Crippen molar-refractivity contribution in [1.82, 2.24) is 0 Å². The van der Waals surface area contributed by atoms with Crippen LogP contribution in [0.1, 0.15) is 39.5 Å². The molecule has 1 saturated carbocycles. The fourth-order valence-corrected chi connectivity index (χ4v) is 2.73. The largest absolute Gasteiger partial charge is 0.448 e. The van der Waals surface area contributed by atoms with Gasteiger partial charge in [-0.25, -0.2) is 0 Å². The molecule has 0 radical (unpaired) electrons. The molecule has 0 saturated heterocycles. The van der Waals surface area contributed by atoms with Crippen molar-refractivity contribution in [2.75, 3.05) is 5.32 Å². The molecule has 1 N–H and O–H groups in total. The van der Waals surface area contributed by atoms with Crippen LogP contribution in [0, 0.1) is 0 Å². The number of allylic oxidation sites excluding steroid dienone is 1. The molecule has 1 aromatic carbocycles. The van der Waals surface area contributed by atoms with Crippen LogP contribution in [0.25, 0.3) is 0 Å². The summed E-state index contributed by atoms with van der Waals surface area (Å²) in [5.41, 5.74) is 1.69. The first kappa shape index (κ1) is 13.0. The molecular weight excluding hydrogens is 254 g/mol. The van der Waals surface area contributed by atoms with Gasteiger partial charge >= 0.3 is 0 Å². The van der Waals surface area contributed by atoms with Gasteiger partial charge in [0.05, 0.1) is 0 Å². The summed E-state index contributed by atoms with van der Waals surface area (Å²) in [5, 5.41) is 2.83. The van der Waals surface area contributed by atoms with Crippen LogP contribution in [-0.4, -0.2) is 11.7 Å². The Labute approximate surface area is 118 Å². The molecule has 1 fully saturated rings. The minimum absolute atomic E-state index is 0.126. The highest BCUT2D eigenvalue weighted by atomic mass is 16.7. The van der Waals surface area contributed by atoms with Gasteiger partial charge in [0.15, 0.2) is 11.5 Å². The third-order valence-corrected chi connectivity index (χ3v) is 3.59. The molecule has 20 heavy (non-hydrogen) atoms. The van der Waals surface area contributed by atoms with E-state index in [1.54, 1.807) is 6.08 Å². The average Bonchev–Trinajstić information content (AvgIpc) is 2.94. The number of fused-ring (bicyclic) bond motifs is 1. The van der Waals surface area contributed by atoms with Gasteiger partial charge in [-0.05, 0) is 38.8 Å². The molecule has 0 atom stereocenters. The SMILES string of the molecule is CC(C)=CC(=O)Nc1ccc2c(c1)OC1(CCCC1)O2. The highest BCUT2D eigenvalue weighted by Gasteiger charge is 2.44. The van der Waals surface area contributed by atoms with Crippen molar-refractivity contribution < 1.29 is 14.3 Å². The van der Waals surface area contributed by atoms with Crippen LogP contribution in [0.3, 0.4) is 0 Å². The van der Waals surface area contributed by atoms with Crippen LogP contribution in [-0.2, 0) is 4.79 Å². The first-order valence-corrected chi connectivity index (χ1v) is 7.04. The number of nitrogens with one attached hydrogen (secondary N) is 1. The number of anilines is 1. The van der Waals surface area contributed by atoms with Crippen molar-refractivity contribution in [1.29, 1.82) is 0 Å². The lowest BCUT2D eigenvalue weighted by Gasteiger charge is -2.21. The number of hydrogen-bond acceptors (Lipinski definition) is 3. The van der Waals surface area contributed by atoms with E-state index >= 15 is 0 Å². The van der Waals surface area contributed by atoms with Crippen molar-refractivity contribution in [3.63, 3.8) is 0 Å². The Bertz CT molecular complexity index is 567. The zero-order valence-electron chi connectivity index (χ0n) is 11.9. The number of carbonyl (C=O) groups excluding carboxylic acids is 1. The van der Waals surface area contributed by atoms with Gasteiger partial charge in [0.25, 0.3) is 5.79 Å². The van der Waals surface area contributed by atoms with Crippen LogP contribution in [0.5, 0.6) is 11.5 Å². The van der Waals surface area contributed by atoms with Crippen molar-refractivity contribution in [3.8, 4) is 11.5 Å². The van der Waals surface area contributed by atoms with Gasteiger partial charge in [-0.15, -0.1) is 0 Å². The molecule has 106 valence electrons. The first-order chi connectivity index (χ1) is 9.56. The second-order valence-corrected chi connectivity index (χ2v) is 5.69. The second kappa shape index (κ2) is 4.85. The third-order valence-electron chi connectivity index (χ3n) is 3.59. The predicted octanol–water partition coefficient (Wildman–Crippen LogP) is 3.63. The highest BCUT2D eigenvalue weighted by molar-refractivity contribution is 5.99. The van der Waals surface area contributed by atoms with Crippen molar-refractivity contribution in [2.24, 2.45) is 0 Å². The third kappa shape index (κ3) is 2.50. The number of benzene rings is 1. The van der Waals surface area contributed by atoms with Crippen LogP contribution >= 0.6 is 0 Å². The molecule has 1 aliphatic carbocycles. The van der Waals surface area contributed by atoms with Crippen molar-refractivity contribution in [3.05, 3.63) is 29.8 Å². The number of hydrogen-bond donors (Lipinski definition) is 1. The number of rotatable bonds is 2. The van der Waals surface area contributed by atoms with E-state index in [4.69, 9.17) is 9.47 Å². The maximum absolute atomic E-state index is 11.7. The minimum Gasteiger partial charge on any atom is -0.448 e. The Balaban J connectivity index is 1.75. The maximum atomic E-state index is 11.7. The Hall–Kier alpha value is -1.97. The van der Waals surface area contributed by atoms with Gasteiger partial charge in [-0.1, -0.05) is 5.57 Å². The molecule has 4 nitrogen and oxygen atoms in total. The molecule has 1 amide bonds. The molecule has 1 heterocycles. The maximum Gasteiger partial charge on any atom is 0.251 e. The average molecular weight is 273 g/mol. The fraction of sp³-hybridized carbons (Fsp3) is 0.438. The Morgan fingerprint density at radius 3 is 2.60 bits per heavy atom. The summed E-state index contributed by atoms with van der Waals surface area (Å²) in [6.45, 7) is 3.78. The molecule has 0 unspecified atom stereocenters. The monoisotopic (exact) mass is 273 g/mol. The quantitative estimate of drug-likeness (QED) is 0.837. The predicted molar refractivity (Wildman–Crippen MR) is 77.0 cm³/mol. The Morgan fingerprint density at radius 1 is 1.20 bits per heavy atom. The van der Waals surface area contributed by atoms with Crippen molar-refractivity contribution in [2.45, 2.75) is 45.3 Å². The summed E-state index contributed by atoms with van der Waals surface area (Å²) in [4.78, 5) is 11.7. The van der Waals surface area contributed by atoms with Crippen LogP contribution < -0.4 is 14.8 Å². The van der Waals surface area contributed by atoms with Crippen LogP contribution in [0.15, 0.2) is 29.8 Å². The number of ether oxygens (including phenoxy) is 2. The van der Waals surface area contributed by atoms with Gasteiger partial charge in [-0.3, -0.25) is 4.79 Å². The van der Waals surface area contributed by atoms with E-state index in [-0.39, 0.29) is 5.91 Å². The lowest BCUT2D eigenvalue weighted by Crippen LogP contribution is -2.34. The summed E-state index contributed by atoms with van der Waals surface area (Å²) in [5.74, 6) is 0.915. The molecular formula is C16H19NO3. The Kier molecular flexibility index (Phi) is 3.16. The van der Waals surface area contributed by atoms with E-state index in [1.807, 2.05) is 32.0 Å². The van der Waals surface area contributed by atoms with E-state index in [9.17, 15) is 4.79 Å². The second-order valence-electron chi connectivity index (χ2n) is 5.69. The Morgan fingerprint density at radius 2 is 1.90 bits per heavy atom. The van der Waals surface area contributed by atoms with E-state index in [0.717, 1.165) is 48.4 Å². The van der Waals surface area contributed by atoms with E-state index in [2.05, 4.69) is 5.32 Å². The van der Waals surface area contributed by atoms with Gasteiger partial charge in [0, 0.05) is 30.7 Å². The van der Waals surface area contributed by atoms with Crippen LogP contribution in [0.4, 0.5) is 5.69 Å². The van der Waals surface area contributed by atoms with Crippen molar-refractivity contribution >= 4 is 11.6 Å². The lowest BCUT2D eigenvalue weighted by atomic mass is 10.2. The molecule has 1 aliphatic heterocycles.